The van der Waals surface area contributed by atoms with Gasteiger partial charge in [-0.05, 0) is 18.1 Å². The van der Waals surface area contributed by atoms with Crippen molar-refractivity contribution in [3.05, 3.63) is 54.4 Å². The van der Waals surface area contributed by atoms with Crippen LogP contribution in [-0.4, -0.2) is 38.8 Å². The van der Waals surface area contributed by atoms with Crippen LogP contribution in [0.3, 0.4) is 0 Å². The van der Waals surface area contributed by atoms with E-state index in [-0.39, 0.29) is 5.91 Å². The Hall–Kier alpha value is -1.79. The fraction of sp³-hybridized carbons (Fsp3) is 0.375. The third-order valence-electron chi connectivity index (χ3n) is 3.14. The van der Waals surface area contributed by atoms with E-state index < -0.39 is 6.10 Å². The Kier molecular flexibility index (Phi) is 6.99. The first-order valence-corrected chi connectivity index (χ1v) is 8.46. The first-order chi connectivity index (χ1) is 10.8. The fourth-order valence-corrected chi connectivity index (χ4v) is 2.81. The van der Waals surface area contributed by atoms with Crippen LogP contribution in [0, 0.1) is 0 Å². The molecule has 2 aromatic rings. The van der Waals surface area contributed by atoms with Gasteiger partial charge in [0, 0.05) is 31.2 Å². The molecule has 1 aromatic heterocycles. The van der Waals surface area contributed by atoms with E-state index in [1.165, 1.54) is 11.8 Å². The number of rotatable bonds is 9. The van der Waals surface area contributed by atoms with Crippen LogP contribution < -0.4 is 5.32 Å². The second-order valence-electron chi connectivity index (χ2n) is 4.91. The van der Waals surface area contributed by atoms with Crippen LogP contribution in [0.1, 0.15) is 18.1 Å². The van der Waals surface area contributed by atoms with Crippen LogP contribution >= 0.6 is 11.8 Å². The van der Waals surface area contributed by atoms with E-state index in [0.29, 0.717) is 18.1 Å². The lowest BCUT2D eigenvalue weighted by Gasteiger charge is -2.10. The van der Waals surface area contributed by atoms with Gasteiger partial charge in [-0.3, -0.25) is 9.48 Å². The predicted molar refractivity (Wildman–Crippen MR) is 88.6 cm³/mol. The number of carbonyl (C=O) groups excluding carboxylic acids is 1. The maximum atomic E-state index is 11.7. The molecule has 22 heavy (non-hydrogen) atoms. The zero-order chi connectivity index (χ0) is 15.6. The summed E-state index contributed by atoms with van der Waals surface area (Å²) in [5.74, 6) is 0.891. The van der Waals surface area contributed by atoms with Gasteiger partial charge in [0.2, 0.25) is 5.91 Å². The Bertz CT molecular complexity index is 546. The van der Waals surface area contributed by atoms with Gasteiger partial charge in [0.05, 0.1) is 11.9 Å². The standard InChI is InChI=1S/C16H21N3O2S/c20-15(14-6-2-1-3-7-14)12-22-13-16(21)17-8-4-10-19-11-5-9-18-19/h1-3,5-7,9,11,15,20H,4,8,10,12-13H2,(H,17,21). The lowest BCUT2D eigenvalue weighted by Crippen LogP contribution is -2.27. The number of aromatic nitrogens is 2. The minimum Gasteiger partial charge on any atom is -0.388 e. The molecule has 0 spiro atoms. The number of amides is 1. The maximum absolute atomic E-state index is 11.7. The summed E-state index contributed by atoms with van der Waals surface area (Å²) in [5, 5.41) is 17.0. The summed E-state index contributed by atoms with van der Waals surface area (Å²) in [6.45, 7) is 1.44. The van der Waals surface area contributed by atoms with Crippen LogP contribution in [0.2, 0.25) is 0 Å². The number of hydrogen-bond donors (Lipinski definition) is 2. The van der Waals surface area contributed by atoms with Crippen molar-refractivity contribution in [2.24, 2.45) is 0 Å². The average Bonchev–Trinajstić information content (AvgIpc) is 3.06. The van der Waals surface area contributed by atoms with Crippen molar-refractivity contribution < 1.29 is 9.90 Å². The quantitative estimate of drug-likeness (QED) is 0.692. The van der Waals surface area contributed by atoms with Gasteiger partial charge in [0.15, 0.2) is 0 Å². The van der Waals surface area contributed by atoms with Crippen molar-refractivity contribution in [1.29, 1.82) is 0 Å². The summed E-state index contributed by atoms with van der Waals surface area (Å²) < 4.78 is 1.84. The van der Waals surface area contributed by atoms with E-state index in [1.807, 2.05) is 47.3 Å². The zero-order valence-corrected chi connectivity index (χ0v) is 13.2. The molecule has 5 nitrogen and oxygen atoms in total. The van der Waals surface area contributed by atoms with Crippen LogP contribution in [-0.2, 0) is 11.3 Å². The van der Waals surface area contributed by atoms with Crippen molar-refractivity contribution in [3.63, 3.8) is 0 Å². The first-order valence-electron chi connectivity index (χ1n) is 7.30. The molecule has 0 radical (unpaired) electrons. The molecule has 1 aromatic carbocycles. The molecule has 0 aliphatic heterocycles. The van der Waals surface area contributed by atoms with Crippen LogP contribution in [0.25, 0.3) is 0 Å². The monoisotopic (exact) mass is 319 g/mol. The van der Waals surface area contributed by atoms with Crippen molar-refractivity contribution in [2.75, 3.05) is 18.1 Å². The van der Waals surface area contributed by atoms with Crippen LogP contribution in [0.5, 0.6) is 0 Å². The Morgan fingerprint density at radius 2 is 2.14 bits per heavy atom. The Morgan fingerprint density at radius 3 is 2.86 bits per heavy atom. The summed E-state index contributed by atoms with van der Waals surface area (Å²) in [7, 11) is 0. The number of aliphatic hydroxyl groups is 1. The predicted octanol–water partition coefficient (Wildman–Crippen LogP) is 1.86. The summed E-state index contributed by atoms with van der Waals surface area (Å²) in [5.41, 5.74) is 0.884. The number of aliphatic hydroxyl groups excluding tert-OH is 1. The van der Waals surface area contributed by atoms with E-state index in [4.69, 9.17) is 0 Å². The number of thioether (sulfide) groups is 1. The molecule has 0 fully saturated rings. The molecule has 2 rings (SSSR count). The highest BCUT2D eigenvalue weighted by Gasteiger charge is 2.08. The Balaban J connectivity index is 1.54. The highest BCUT2D eigenvalue weighted by atomic mass is 32.2. The zero-order valence-electron chi connectivity index (χ0n) is 12.4. The van der Waals surface area contributed by atoms with Gasteiger partial charge in [-0.25, -0.2) is 0 Å². The molecule has 0 bridgehead atoms. The SMILES string of the molecule is O=C(CSCC(O)c1ccccc1)NCCCn1cccn1. The average molecular weight is 319 g/mol. The highest BCUT2D eigenvalue weighted by molar-refractivity contribution is 7.99. The van der Waals surface area contributed by atoms with Crippen molar-refractivity contribution in [3.8, 4) is 0 Å². The van der Waals surface area contributed by atoms with Crippen molar-refractivity contribution in [1.82, 2.24) is 15.1 Å². The molecule has 0 aliphatic carbocycles. The van der Waals surface area contributed by atoms with E-state index in [1.54, 1.807) is 6.20 Å². The van der Waals surface area contributed by atoms with Gasteiger partial charge < -0.3 is 10.4 Å². The molecule has 6 heteroatoms. The Labute approximate surface area is 134 Å². The smallest absolute Gasteiger partial charge is 0.229 e. The third-order valence-corrected chi connectivity index (χ3v) is 4.16. The molecule has 0 saturated carbocycles. The first kappa shape index (κ1) is 16.6. The van der Waals surface area contributed by atoms with E-state index in [0.717, 1.165) is 18.5 Å². The lowest BCUT2D eigenvalue weighted by molar-refractivity contribution is -0.118. The lowest BCUT2D eigenvalue weighted by atomic mass is 10.1. The minimum atomic E-state index is -0.529. The number of aryl methyl sites for hydroxylation is 1. The normalized spacial score (nSPS) is 12.0. The van der Waals surface area contributed by atoms with Gasteiger partial charge in [-0.2, -0.15) is 5.10 Å². The highest BCUT2D eigenvalue weighted by Crippen LogP contribution is 2.17. The maximum Gasteiger partial charge on any atom is 0.229 e. The number of hydrogen-bond acceptors (Lipinski definition) is 4. The molecule has 1 heterocycles. The molecule has 0 aliphatic rings. The molecule has 118 valence electrons. The number of nitrogens with one attached hydrogen (secondary N) is 1. The van der Waals surface area contributed by atoms with Crippen LogP contribution in [0.4, 0.5) is 0 Å². The van der Waals surface area contributed by atoms with Crippen LogP contribution in [0.15, 0.2) is 48.8 Å². The largest absolute Gasteiger partial charge is 0.388 e. The van der Waals surface area contributed by atoms with E-state index in [2.05, 4.69) is 10.4 Å². The van der Waals surface area contributed by atoms with E-state index in [9.17, 15) is 9.90 Å². The van der Waals surface area contributed by atoms with E-state index >= 15 is 0 Å². The molecule has 1 atom stereocenters. The second-order valence-corrected chi connectivity index (χ2v) is 5.94. The Morgan fingerprint density at radius 1 is 1.32 bits per heavy atom. The minimum absolute atomic E-state index is 0.00530. The molecular formula is C16H21N3O2S. The number of nitrogens with zero attached hydrogens (tertiary/aromatic N) is 2. The summed E-state index contributed by atoms with van der Waals surface area (Å²) in [6, 6.07) is 11.4. The molecule has 1 amide bonds. The second kappa shape index (κ2) is 9.27. The summed E-state index contributed by atoms with van der Waals surface area (Å²) in [4.78, 5) is 11.7. The number of benzene rings is 1. The topological polar surface area (TPSA) is 67.2 Å². The van der Waals surface area contributed by atoms with Gasteiger partial charge >= 0.3 is 0 Å². The fourth-order valence-electron chi connectivity index (χ4n) is 1.99. The van der Waals surface area contributed by atoms with Gasteiger partial charge in [-0.1, -0.05) is 30.3 Å². The van der Waals surface area contributed by atoms with Crippen molar-refractivity contribution >= 4 is 17.7 Å². The summed E-state index contributed by atoms with van der Waals surface area (Å²) >= 11 is 1.44. The number of carbonyl (C=O) groups is 1. The molecule has 1 unspecified atom stereocenters. The molecule has 0 saturated heterocycles. The summed E-state index contributed by atoms with van der Waals surface area (Å²) in [6.07, 6.45) is 3.97. The van der Waals surface area contributed by atoms with Gasteiger partial charge in [-0.15, -0.1) is 11.8 Å². The third kappa shape index (κ3) is 5.91. The molecule has 2 N–H and O–H groups in total. The molecular weight excluding hydrogens is 298 g/mol. The van der Waals surface area contributed by atoms with Crippen molar-refractivity contribution in [2.45, 2.75) is 19.1 Å². The van der Waals surface area contributed by atoms with Gasteiger partial charge in [0.25, 0.3) is 0 Å². The van der Waals surface area contributed by atoms with Gasteiger partial charge in [0.1, 0.15) is 0 Å².